The first-order valence-corrected chi connectivity index (χ1v) is 9.77. The number of carbonyl (C=O) groups is 2. The van der Waals surface area contributed by atoms with Crippen molar-refractivity contribution in [3.05, 3.63) is 81.3 Å². The molecule has 1 fully saturated rings. The van der Waals surface area contributed by atoms with Crippen molar-refractivity contribution in [2.24, 2.45) is 0 Å². The van der Waals surface area contributed by atoms with Crippen LogP contribution in [0.5, 0.6) is 0 Å². The number of halogens is 1. The lowest BCUT2D eigenvalue weighted by Crippen LogP contribution is -2.41. The number of nitro benzene ring substituents is 1. The largest absolute Gasteiger partial charge is 0.348 e. The zero-order valence-electron chi connectivity index (χ0n) is 16.3. The number of hydrogen-bond acceptors (Lipinski definition) is 4. The number of nitro groups is 1. The molecule has 0 atom stereocenters. The molecule has 0 aromatic heterocycles. The molecule has 1 aliphatic rings. The molecule has 8 heteroatoms. The Morgan fingerprint density at radius 2 is 1.80 bits per heavy atom. The van der Waals surface area contributed by atoms with Crippen molar-refractivity contribution >= 4 is 23.6 Å². The van der Waals surface area contributed by atoms with Gasteiger partial charge < -0.3 is 10.6 Å². The molecular weight excluding hydrogens is 389 g/mol. The van der Waals surface area contributed by atoms with Crippen molar-refractivity contribution in [3.63, 3.8) is 0 Å². The van der Waals surface area contributed by atoms with Crippen LogP contribution in [0.15, 0.2) is 54.2 Å². The average molecular weight is 411 g/mol. The minimum Gasteiger partial charge on any atom is -0.348 e. The maximum atomic E-state index is 14.0. The van der Waals surface area contributed by atoms with Crippen LogP contribution in [0.25, 0.3) is 6.08 Å². The van der Waals surface area contributed by atoms with E-state index in [9.17, 15) is 24.1 Å². The van der Waals surface area contributed by atoms with Gasteiger partial charge >= 0.3 is 0 Å². The molecule has 0 bridgehead atoms. The van der Waals surface area contributed by atoms with Crippen LogP contribution < -0.4 is 10.6 Å². The Bertz CT molecular complexity index is 984. The van der Waals surface area contributed by atoms with Crippen molar-refractivity contribution in [2.45, 2.75) is 38.1 Å². The maximum absolute atomic E-state index is 14.0. The van der Waals surface area contributed by atoms with Crippen molar-refractivity contribution in [1.82, 2.24) is 10.6 Å². The molecule has 0 heterocycles. The normalized spacial score (nSPS) is 14.8. The second-order valence-corrected chi connectivity index (χ2v) is 7.15. The summed E-state index contributed by atoms with van der Waals surface area (Å²) in [6.45, 7) is 0. The van der Waals surface area contributed by atoms with Crippen LogP contribution >= 0.6 is 0 Å². The molecule has 2 aromatic rings. The maximum Gasteiger partial charge on any atom is 0.270 e. The topological polar surface area (TPSA) is 101 Å². The van der Waals surface area contributed by atoms with Crippen LogP contribution in [0, 0.1) is 15.9 Å². The molecule has 2 amide bonds. The fraction of sp³-hybridized carbons (Fsp3) is 0.273. The van der Waals surface area contributed by atoms with Crippen LogP contribution in [-0.2, 0) is 4.79 Å². The van der Waals surface area contributed by atoms with Gasteiger partial charge in [0, 0.05) is 18.2 Å². The van der Waals surface area contributed by atoms with Crippen LogP contribution in [0.3, 0.4) is 0 Å². The minimum absolute atomic E-state index is 0.00915. The van der Waals surface area contributed by atoms with E-state index in [1.54, 1.807) is 6.07 Å². The predicted molar refractivity (Wildman–Crippen MR) is 110 cm³/mol. The second-order valence-electron chi connectivity index (χ2n) is 7.15. The molecular formula is C22H22FN3O4. The molecule has 0 spiro atoms. The number of rotatable bonds is 6. The number of nitrogens with zero attached hydrogens (tertiary/aromatic N) is 1. The Hall–Kier alpha value is -3.55. The standard InChI is InChI=1S/C22H22FN3O4/c23-19-12-5-4-11-18(19)21(27)25-20(22(28)24-16-8-2-1-3-9-16)14-15-7-6-10-17(13-15)26(29)30/h4-7,10-14,16H,1-3,8-9H2,(H,24,28)(H,25,27)/b20-14-. The third-order valence-electron chi connectivity index (χ3n) is 4.94. The van der Waals surface area contributed by atoms with Gasteiger partial charge in [-0.2, -0.15) is 0 Å². The van der Waals surface area contributed by atoms with E-state index < -0.39 is 22.6 Å². The summed E-state index contributed by atoms with van der Waals surface area (Å²) in [5.41, 5.74) is -0.0784. The summed E-state index contributed by atoms with van der Waals surface area (Å²) in [7, 11) is 0. The predicted octanol–water partition coefficient (Wildman–Crippen LogP) is 3.95. The van der Waals surface area contributed by atoms with Gasteiger partial charge in [-0.25, -0.2) is 4.39 Å². The van der Waals surface area contributed by atoms with Gasteiger partial charge in [-0.05, 0) is 36.6 Å². The highest BCUT2D eigenvalue weighted by Crippen LogP contribution is 2.19. The molecule has 2 N–H and O–H groups in total. The van der Waals surface area contributed by atoms with E-state index >= 15 is 0 Å². The molecule has 156 valence electrons. The molecule has 30 heavy (non-hydrogen) atoms. The van der Waals surface area contributed by atoms with Crippen molar-refractivity contribution in [2.75, 3.05) is 0 Å². The van der Waals surface area contributed by atoms with E-state index in [-0.39, 0.29) is 23.0 Å². The summed E-state index contributed by atoms with van der Waals surface area (Å²) in [6, 6.07) is 11.1. The SMILES string of the molecule is O=C(NC1CCCCC1)/C(=C/c1cccc([N+](=O)[O-])c1)NC(=O)c1ccccc1F. The zero-order valence-corrected chi connectivity index (χ0v) is 16.3. The van der Waals surface area contributed by atoms with Crippen molar-refractivity contribution in [1.29, 1.82) is 0 Å². The molecule has 0 radical (unpaired) electrons. The van der Waals surface area contributed by atoms with Crippen LogP contribution in [0.4, 0.5) is 10.1 Å². The summed E-state index contributed by atoms with van der Waals surface area (Å²) in [5, 5.41) is 16.4. The fourth-order valence-corrected chi connectivity index (χ4v) is 3.40. The monoisotopic (exact) mass is 411 g/mol. The average Bonchev–Trinajstić information content (AvgIpc) is 2.74. The van der Waals surface area contributed by atoms with E-state index in [1.807, 2.05) is 0 Å². The molecule has 0 aliphatic heterocycles. The van der Waals surface area contributed by atoms with Gasteiger partial charge in [-0.15, -0.1) is 0 Å². The quantitative estimate of drug-likeness (QED) is 0.427. The molecule has 0 unspecified atom stereocenters. The number of hydrogen-bond donors (Lipinski definition) is 2. The third kappa shape index (κ3) is 5.50. The van der Waals surface area contributed by atoms with Gasteiger partial charge in [0.25, 0.3) is 17.5 Å². The van der Waals surface area contributed by atoms with Gasteiger partial charge in [0.15, 0.2) is 0 Å². The molecule has 3 rings (SSSR count). The number of benzene rings is 2. The second kappa shape index (κ2) is 9.78. The summed E-state index contributed by atoms with van der Waals surface area (Å²) < 4.78 is 14.0. The number of carbonyl (C=O) groups excluding carboxylic acids is 2. The van der Waals surface area contributed by atoms with E-state index in [4.69, 9.17) is 0 Å². The van der Waals surface area contributed by atoms with E-state index in [1.165, 1.54) is 42.5 Å². The Morgan fingerprint density at radius 1 is 1.07 bits per heavy atom. The Labute approximate surface area is 173 Å². The molecule has 1 saturated carbocycles. The van der Waals surface area contributed by atoms with Gasteiger partial charge in [0.05, 0.1) is 10.5 Å². The molecule has 7 nitrogen and oxygen atoms in total. The van der Waals surface area contributed by atoms with E-state index in [0.717, 1.165) is 38.2 Å². The lowest BCUT2D eigenvalue weighted by Gasteiger charge is -2.23. The summed E-state index contributed by atoms with van der Waals surface area (Å²) in [5.74, 6) is -2.00. The number of amides is 2. The molecule has 0 saturated heterocycles. The van der Waals surface area contributed by atoms with Crippen LogP contribution in [0.2, 0.25) is 0 Å². The van der Waals surface area contributed by atoms with Gasteiger partial charge in [-0.1, -0.05) is 43.5 Å². The summed E-state index contributed by atoms with van der Waals surface area (Å²) >= 11 is 0. The van der Waals surface area contributed by atoms with Crippen molar-refractivity contribution < 1.29 is 18.9 Å². The fourth-order valence-electron chi connectivity index (χ4n) is 3.40. The lowest BCUT2D eigenvalue weighted by molar-refractivity contribution is -0.384. The van der Waals surface area contributed by atoms with E-state index in [2.05, 4.69) is 10.6 Å². The first kappa shape index (κ1) is 21.2. The van der Waals surface area contributed by atoms with Crippen molar-refractivity contribution in [3.8, 4) is 0 Å². The highest BCUT2D eigenvalue weighted by atomic mass is 19.1. The highest BCUT2D eigenvalue weighted by Gasteiger charge is 2.21. The van der Waals surface area contributed by atoms with Crippen LogP contribution in [0.1, 0.15) is 48.0 Å². The zero-order chi connectivity index (χ0) is 21.5. The highest BCUT2D eigenvalue weighted by molar-refractivity contribution is 6.05. The molecule has 1 aliphatic carbocycles. The number of non-ortho nitro benzene ring substituents is 1. The molecule has 2 aromatic carbocycles. The first-order chi connectivity index (χ1) is 14.4. The van der Waals surface area contributed by atoms with Gasteiger partial charge in [0.1, 0.15) is 11.5 Å². The lowest BCUT2D eigenvalue weighted by atomic mass is 9.95. The summed E-state index contributed by atoms with van der Waals surface area (Å²) in [6.07, 6.45) is 6.18. The summed E-state index contributed by atoms with van der Waals surface area (Å²) in [4.78, 5) is 35.9. The number of nitrogens with one attached hydrogen (secondary N) is 2. The Morgan fingerprint density at radius 3 is 2.50 bits per heavy atom. The van der Waals surface area contributed by atoms with Crippen LogP contribution in [-0.4, -0.2) is 22.8 Å². The minimum atomic E-state index is -0.774. The van der Waals surface area contributed by atoms with Gasteiger partial charge in [0.2, 0.25) is 0 Å². The first-order valence-electron chi connectivity index (χ1n) is 9.77. The van der Waals surface area contributed by atoms with Gasteiger partial charge in [-0.3, -0.25) is 19.7 Å². The smallest absolute Gasteiger partial charge is 0.270 e. The Balaban J connectivity index is 1.88. The Kier molecular flexibility index (Phi) is 6.90. The van der Waals surface area contributed by atoms with E-state index in [0.29, 0.717) is 5.56 Å². The third-order valence-corrected chi connectivity index (χ3v) is 4.94.